The molecule has 2 heterocycles. The number of rotatable bonds is 6. The lowest BCUT2D eigenvalue weighted by Crippen LogP contribution is -2.50. The number of imidazole rings is 1. The molecule has 0 spiro atoms. The SMILES string of the molecule is Cc1ccc(-c2cnc(SCC(=O)N3CCN(S(C)(=O)=O)CC3)n2-c2ccccc2)cc1. The van der Waals surface area contributed by atoms with E-state index in [4.69, 9.17) is 0 Å². The van der Waals surface area contributed by atoms with Crippen LogP contribution in [0, 0.1) is 6.92 Å². The van der Waals surface area contributed by atoms with Crippen molar-refractivity contribution < 1.29 is 13.2 Å². The standard InChI is InChI=1S/C23H26N4O3S2/c1-18-8-10-19(11-9-18)21-16-24-23(27(21)20-6-4-3-5-7-20)31-17-22(28)25-12-14-26(15-13-25)32(2,29)30/h3-11,16H,12-15,17H2,1-2H3. The Labute approximate surface area is 193 Å². The average Bonchev–Trinajstić information content (AvgIpc) is 3.22. The van der Waals surface area contributed by atoms with Gasteiger partial charge in [0.1, 0.15) is 0 Å². The number of hydrogen-bond donors (Lipinski definition) is 0. The highest BCUT2D eigenvalue weighted by atomic mass is 32.2. The van der Waals surface area contributed by atoms with Gasteiger partial charge in [0, 0.05) is 37.4 Å². The summed E-state index contributed by atoms with van der Waals surface area (Å²) in [6.45, 7) is 3.56. The lowest BCUT2D eigenvalue weighted by Gasteiger charge is -2.33. The van der Waals surface area contributed by atoms with E-state index in [1.54, 1.807) is 4.90 Å². The summed E-state index contributed by atoms with van der Waals surface area (Å²) in [5.74, 6) is 0.235. The van der Waals surface area contributed by atoms with Gasteiger partial charge in [0.15, 0.2) is 5.16 Å². The molecular formula is C23H26N4O3S2. The number of benzene rings is 2. The summed E-state index contributed by atoms with van der Waals surface area (Å²) in [7, 11) is -3.22. The van der Waals surface area contributed by atoms with E-state index in [1.165, 1.54) is 27.9 Å². The largest absolute Gasteiger partial charge is 0.339 e. The van der Waals surface area contributed by atoms with Gasteiger partial charge in [-0.25, -0.2) is 13.4 Å². The van der Waals surface area contributed by atoms with E-state index < -0.39 is 10.0 Å². The van der Waals surface area contributed by atoms with Crippen molar-refractivity contribution >= 4 is 27.7 Å². The number of amides is 1. The van der Waals surface area contributed by atoms with Crippen LogP contribution in [0.3, 0.4) is 0 Å². The molecule has 168 valence electrons. The first-order valence-corrected chi connectivity index (χ1v) is 13.2. The van der Waals surface area contributed by atoms with Crippen LogP contribution in [0.15, 0.2) is 66.0 Å². The smallest absolute Gasteiger partial charge is 0.233 e. The van der Waals surface area contributed by atoms with Crippen LogP contribution >= 0.6 is 11.8 Å². The molecule has 0 bridgehead atoms. The quantitative estimate of drug-likeness (QED) is 0.518. The summed E-state index contributed by atoms with van der Waals surface area (Å²) in [6, 6.07) is 18.3. The number of hydrogen-bond acceptors (Lipinski definition) is 5. The number of para-hydroxylation sites is 1. The van der Waals surface area contributed by atoms with Crippen molar-refractivity contribution in [2.75, 3.05) is 38.2 Å². The first-order valence-electron chi connectivity index (χ1n) is 10.4. The molecule has 4 rings (SSSR count). The summed E-state index contributed by atoms with van der Waals surface area (Å²) in [5, 5.41) is 0.745. The van der Waals surface area contributed by atoms with E-state index in [0.29, 0.717) is 26.2 Å². The molecule has 0 saturated carbocycles. The molecule has 1 fully saturated rings. The Morgan fingerprint density at radius 1 is 1.00 bits per heavy atom. The van der Waals surface area contributed by atoms with Crippen molar-refractivity contribution in [3.05, 3.63) is 66.4 Å². The highest BCUT2D eigenvalue weighted by molar-refractivity contribution is 7.99. The molecule has 7 nitrogen and oxygen atoms in total. The Morgan fingerprint density at radius 3 is 2.28 bits per heavy atom. The van der Waals surface area contributed by atoms with E-state index >= 15 is 0 Å². The van der Waals surface area contributed by atoms with Gasteiger partial charge < -0.3 is 4.90 Å². The van der Waals surface area contributed by atoms with Gasteiger partial charge >= 0.3 is 0 Å². The van der Waals surface area contributed by atoms with Gasteiger partial charge in [-0.05, 0) is 19.1 Å². The Balaban J connectivity index is 1.52. The Bertz CT molecular complexity index is 1180. The Kier molecular flexibility index (Phi) is 6.68. The van der Waals surface area contributed by atoms with Gasteiger partial charge in [0.25, 0.3) is 0 Å². The zero-order valence-corrected chi connectivity index (χ0v) is 19.8. The molecule has 0 aliphatic carbocycles. The zero-order valence-electron chi connectivity index (χ0n) is 18.1. The zero-order chi connectivity index (χ0) is 22.7. The molecule has 9 heteroatoms. The van der Waals surface area contributed by atoms with Gasteiger partial charge in [-0.1, -0.05) is 59.8 Å². The van der Waals surface area contributed by atoms with Crippen LogP contribution in [0.5, 0.6) is 0 Å². The van der Waals surface area contributed by atoms with Gasteiger partial charge in [-0.15, -0.1) is 0 Å². The van der Waals surface area contributed by atoms with Crippen LogP contribution in [0.4, 0.5) is 0 Å². The van der Waals surface area contributed by atoms with Crippen molar-refractivity contribution in [3.8, 4) is 16.9 Å². The number of aromatic nitrogens is 2. The fourth-order valence-electron chi connectivity index (χ4n) is 3.68. The van der Waals surface area contributed by atoms with Gasteiger partial charge in [0.05, 0.1) is 23.9 Å². The lowest BCUT2D eigenvalue weighted by molar-refractivity contribution is -0.129. The second kappa shape index (κ2) is 9.48. The van der Waals surface area contributed by atoms with Gasteiger partial charge in [-0.3, -0.25) is 9.36 Å². The minimum atomic E-state index is -3.22. The van der Waals surface area contributed by atoms with Crippen LogP contribution in [-0.2, 0) is 14.8 Å². The molecule has 0 N–H and O–H groups in total. The van der Waals surface area contributed by atoms with Crippen LogP contribution in [-0.4, -0.2) is 71.3 Å². The van der Waals surface area contributed by atoms with Gasteiger partial charge in [0.2, 0.25) is 15.9 Å². The third-order valence-electron chi connectivity index (χ3n) is 5.48. The fourth-order valence-corrected chi connectivity index (χ4v) is 5.40. The average molecular weight is 471 g/mol. The molecule has 1 amide bonds. The van der Waals surface area contributed by atoms with Crippen LogP contribution in [0.1, 0.15) is 5.56 Å². The number of nitrogens with zero attached hydrogens (tertiary/aromatic N) is 4. The minimum Gasteiger partial charge on any atom is -0.339 e. The van der Waals surface area contributed by atoms with E-state index in [2.05, 4.69) is 40.7 Å². The maximum atomic E-state index is 12.8. The van der Waals surface area contributed by atoms with Crippen molar-refractivity contribution in [1.29, 1.82) is 0 Å². The lowest BCUT2D eigenvalue weighted by atomic mass is 10.1. The number of piperazine rings is 1. The Hall–Kier alpha value is -2.62. The van der Waals surface area contributed by atoms with Crippen LogP contribution < -0.4 is 0 Å². The second-order valence-electron chi connectivity index (χ2n) is 7.79. The maximum absolute atomic E-state index is 12.8. The van der Waals surface area contributed by atoms with E-state index in [-0.39, 0.29) is 11.7 Å². The van der Waals surface area contributed by atoms with Crippen molar-refractivity contribution in [2.45, 2.75) is 12.1 Å². The third-order valence-corrected chi connectivity index (χ3v) is 7.72. The normalized spacial score (nSPS) is 15.1. The molecular weight excluding hydrogens is 444 g/mol. The van der Waals surface area contributed by atoms with Crippen molar-refractivity contribution in [2.24, 2.45) is 0 Å². The molecule has 2 aromatic carbocycles. The molecule has 0 unspecified atom stereocenters. The molecule has 1 aromatic heterocycles. The molecule has 1 aliphatic rings. The van der Waals surface area contributed by atoms with E-state index in [1.807, 2.05) is 36.5 Å². The summed E-state index contributed by atoms with van der Waals surface area (Å²) < 4.78 is 26.9. The topological polar surface area (TPSA) is 75.5 Å². The number of carbonyl (C=O) groups excluding carboxylic acids is 1. The summed E-state index contributed by atoms with van der Waals surface area (Å²) in [6.07, 6.45) is 3.05. The minimum absolute atomic E-state index is 0.0114. The molecule has 3 aromatic rings. The monoisotopic (exact) mass is 470 g/mol. The summed E-state index contributed by atoms with van der Waals surface area (Å²) in [5.41, 5.74) is 4.20. The Morgan fingerprint density at radius 2 is 1.66 bits per heavy atom. The van der Waals surface area contributed by atoms with E-state index in [9.17, 15) is 13.2 Å². The first-order chi connectivity index (χ1) is 15.3. The summed E-state index contributed by atoms with van der Waals surface area (Å²) in [4.78, 5) is 19.1. The third kappa shape index (κ3) is 5.06. The molecule has 0 radical (unpaired) electrons. The maximum Gasteiger partial charge on any atom is 0.233 e. The molecule has 32 heavy (non-hydrogen) atoms. The van der Waals surface area contributed by atoms with E-state index in [0.717, 1.165) is 22.1 Å². The highest BCUT2D eigenvalue weighted by Crippen LogP contribution is 2.30. The number of thioether (sulfide) groups is 1. The van der Waals surface area contributed by atoms with Crippen molar-refractivity contribution in [1.82, 2.24) is 18.8 Å². The van der Waals surface area contributed by atoms with Crippen LogP contribution in [0.25, 0.3) is 16.9 Å². The predicted octanol–water partition coefficient (Wildman–Crippen LogP) is 3.04. The molecule has 1 saturated heterocycles. The molecule has 0 atom stereocenters. The highest BCUT2D eigenvalue weighted by Gasteiger charge is 2.26. The number of sulfonamides is 1. The van der Waals surface area contributed by atoms with Crippen molar-refractivity contribution in [3.63, 3.8) is 0 Å². The number of carbonyl (C=O) groups is 1. The number of aryl methyl sites for hydroxylation is 1. The first kappa shape index (κ1) is 22.6. The molecule has 1 aliphatic heterocycles. The van der Waals surface area contributed by atoms with Crippen LogP contribution in [0.2, 0.25) is 0 Å². The second-order valence-corrected chi connectivity index (χ2v) is 10.7. The van der Waals surface area contributed by atoms with Gasteiger partial charge in [-0.2, -0.15) is 4.31 Å². The predicted molar refractivity (Wildman–Crippen MR) is 127 cm³/mol. The fraction of sp³-hybridized carbons (Fsp3) is 0.304. The summed E-state index contributed by atoms with van der Waals surface area (Å²) >= 11 is 1.40.